The van der Waals surface area contributed by atoms with Gasteiger partial charge in [0.2, 0.25) is 0 Å². The monoisotopic (exact) mass is 398 g/mol. The standard InChI is InChI=1S/C17H22N2O9/c1-11(23-24-12(2)20)17(28-26-14(4)22)16(27-25-13(3)21)10-18-19-15-8-6-5-7-9-15/h5-11,16-17,19H,1-4H3/b18-10+/t11-,16+,17-/m0/s1. The second kappa shape index (κ2) is 12.4. The zero-order valence-electron chi connectivity index (χ0n) is 15.8. The lowest BCUT2D eigenvalue weighted by molar-refractivity contribution is -0.385. The van der Waals surface area contributed by atoms with Crippen LogP contribution in [0.1, 0.15) is 27.7 Å². The average molecular weight is 398 g/mol. The van der Waals surface area contributed by atoms with Gasteiger partial charge in [0.15, 0.2) is 12.2 Å². The minimum Gasteiger partial charge on any atom is -0.298 e. The molecule has 0 amide bonds. The first-order valence-electron chi connectivity index (χ1n) is 8.15. The van der Waals surface area contributed by atoms with Crippen LogP contribution in [0.2, 0.25) is 0 Å². The first-order chi connectivity index (χ1) is 13.3. The molecular weight excluding hydrogens is 376 g/mol. The molecule has 1 rings (SSSR count). The van der Waals surface area contributed by atoms with Crippen molar-refractivity contribution in [3.05, 3.63) is 30.3 Å². The number of rotatable bonds is 11. The molecule has 0 saturated heterocycles. The van der Waals surface area contributed by atoms with E-state index in [-0.39, 0.29) is 0 Å². The van der Waals surface area contributed by atoms with Gasteiger partial charge < -0.3 is 0 Å². The highest BCUT2D eigenvalue weighted by molar-refractivity contribution is 5.68. The Morgan fingerprint density at radius 1 is 0.893 bits per heavy atom. The van der Waals surface area contributed by atoms with Crippen molar-refractivity contribution in [3.63, 3.8) is 0 Å². The number of nitrogens with one attached hydrogen (secondary N) is 1. The molecule has 0 aliphatic rings. The number of carbonyl (C=O) groups excluding carboxylic acids is 3. The first kappa shape index (κ1) is 23.0. The van der Waals surface area contributed by atoms with Crippen molar-refractivity contribution in [3.8, 4) is 0 Å². The summed E-state index contributed by atoms with van der Waals surface area (Å²) < 4.78 is 0. The Labute approximate surface area is 161 Å². The molecule has 0 spiro atoms. The average Bonchev–Trinajstić information content (AvgIpc) is 2.64. The topological polar surface area (TPSA) is 131 Å². The molecule has 11 nitrogen and oxygen atoms in total. The molecule has 0 aromatic heterocycles. The largest absolute Gasteiger partial charge is 0.339 e. The number of para-hydroxylation sites is 1. The highest BCUT2D eigenvalue weighted by atomic mass is 17.2. The maximum atomic E-state index is 11.1. The van der Waals surface area contributed by atoms with Crippen LogP contribution in [-0.2, 0) is 43.7 Å². The van der Waals surface area contributed by atoms with E-state index >= 15 is 0 Å². The van der Waals surface area contributed by atoms with Gasteiger partial charge in [-0.2, -0.15) is 19.8 Å². The highest BCUT2D eigenvalue weighted by Gasteiger charge is 2.34. The molecule has 11 heteroatoms. The summed E-state index contributed by atoms with van der Waals surface area (Å²) in [6, 6.07) is 8.95. The van der Waals surface area contributed by atoms with Crippen molar-refractivity contribution in [2.24, 2.45) is 5.10 Å². The maximum Gasteiger partial charge on any atom is 0.339 e. The molecule has 1 N–H and O–H groups in total. The van der Waals surface area contributed by atoms with E-state index in [9.17, 15) is 14.4 Å². The van der Waals surface area contributed by atoms with Crippen LogP contribution >= 0.6 is 0 Å². The summed E-state index contributed by atoms with van der Waals surface area (Å²) in [4.78, 5) is 61.5. The molecular formula is C17H22N2O9. The van der Waals surface area contributed by atoms with Gasteiger partial charge in [-0.15, -0.1) is 0 Å². The molecule has 0 aliphatic heterocycles. The van der Waals surface area contributed by atoms with Gasteiger partial charge in [-0.1, -0.05) is 18.2 Å². The molecule has 0 bridgehead atoms. The third-order valence-electron chi connectivity index (χ3n) is 2.85. The lowest BCUT2D eigenvalue weighted by Gasteiger charge is -2.25. The van der Waals surface area contributed by atoms with Crippen molar-refractivity contribution < 1.29 is 43.7 Å². The van der Waals surface area contributed by atoms with Gasteiger partial charge >= 0.3 is 17.9 Å². The van der Waals surface area contributed by atoms with E-state index in [4.69, 9.17) is 14.7 Å². The molecule has 1 aromatic rings. The van der Waals surface area contributed by atoms with E-state index in [1.165, 1.54) is 13.1 Å². The predicted molar refractivity (Wildman–Crippen MR) is 94.1 cm³/mol. The van der Waals surface area contributed by atoms with Gasteiger partial charge in [0, 0.05) is 20.8 Å². The second-order valence-electron chi connectivity index (χ2n) is 5.40. The van der Waals surface area contributed by atoms with Crippen LogP contribution < -0.4 is 5.43 Å². The summed E-state index contributed by atoms with van der Waals surface area (Å²) in [7, 11) is 0. The van der Waals surface area contributed by atoms with E-state index in [2.05, 4.69) is 25.2 Å². The minimum absolute atomic E-state index is 0.673. The summed E-state index contributed by atoms with van der Waals surface area (Å²) in [5, 5.41) is 3.97. The number of nitrogens with zero attached hydrogens (tertiary/aromatic N) is 1. The van der Waals surface area contributed by atoms with Crippen LogP contribution in [-0.4, -0.2) is 42.4 Å². The van der Waals surface area contributed by atoms with Crippen LogP contribution in [0, 0.1) is 0 Å². The number of hydrogen-bond acceptors (Lipinski definition) is 11. The number of benzene rings is 1. The molecule has 0 aliphatic carbocycles. The summed E-state index contributed by atoms with van der Waals surface area (Å²) in [6.07, 6.45) is -2.24. The van der Waals surface area contributed by atoms with Gasteiger partial charge in [0.25, 0.3) is 0 Å². The van der Waals surface area contributed by atoms with Crippen LogP contribution in [0.5, 0.6) is 0 Å². The number of carbonyl (C=O) groups is 3. The third kappa shape index (κ3) is 9.62. The summed E-state index contributed by atoms with van der Waals surface area (Å²) in [5.41, 5.74) is 3.40. The predicted octanol–water partition coefficient (Wildman–Crippen LogP) is 1.69. The molecule has 0 heterocycles. The van der Waals surface area contributed by atoms with E-state index in [0.717, 1.165) is 20.8 Å². The Balaban J connectivity index is 2.93. The first-order valence-corrected chi connectivity index (χ1v) is 8.15. The van der Waals surface area contributed by atoms with E-state index in [1.807, 2.05) is 6.07 Å². The molecule has 0 saturated carbocycles. The van der Waals surface area contributed by atoms with Gasteiger partial charge in [0.05, 0.1) is 11.9 Å². The quantitative estimate of drug-likeness (QED) is 0.334. The van der Waals surface area contributed by atoms with Crippen LogP contribution in [0.15, 0.2) is 35.4 Å². The van der Waals surface area contributed by atoms with Crippen LogP contribution in [0.25, 0.3) is 0 Å². The van der Waals surface area contributed by atoms with Gasteiger partial charge in [0.1, 0.15) is 6.10 Å². The zero-order valence-corrected chi connectivity index (χ0v) is 15.8. The Kier molecular flexibility index (Phi) is 10.2. The maximum absolute atomic E-state index is 11.1. The third-order valence-corrected chi connectivity index (χ3v) is 2.85. The lowest BCUT2D eigenvalue weighted by Crippen LogP contribution is -2.43. The summed E-state index contributed by atoms with van der Waals surface area (Å²) in [6.45, 7) is 4.81. The van der Waals surface area contributed by atoms with Gasteiger partial charge in [-0.3, -0.25) is 20.1 Å². The molecule has 1 aromatic carbocycles. The smallest absolute Gasteiger partial charge is 0.298 e. The Bertz CT molecular complexity index is 666. The SMILES string of the molecule is CC(=O)OO[C@@H]([C@H](C)OOC(C)=O)[C@@H](/C=N/Nc1ccccc1)OOC(C)=O. The second-order valence-corrected chi connectivity index (χ2v) is 5.40. The van der Waals surface area contributed by atoms with Crippen molar-refractivity contribution in [2.75, 3.05) is 5.43 Å². The molecule has 0 fully saturated rings. The molecule has 3 atom stereocenters. The Morgan fingerprint density at radius 2 is 1.43 bits per heavy atom. The zero-order chi connectivity index (χ0) is 20.9. The highest BCUT2D eigenvalue weighted by Crippen LogP contribution is 2.14. The van der Waals surface area contributed by atoms with Crippen molar-refractivity contribution >= 4 is 29.8 Å². The fourth-order valence-electron chi connectivity index (χ4n) is 1.71. The lowest BCUT2D eigenvalue weighted by atomic mass is 10.1. The normalized spacial score (nSPS) is 14.0. The molecule has 0 unspecified atom stereocenters. The Hall–Kier alpha value is -3.02. The van der Waals surface area contributed by atoms with Crippen molar-refractivity contribution in [1.82, 2.24) is 0 Å². The van der Waals surface area contributed by atoms with Crippen molar-refractivity contribution in [2.45, 2.75) is 46.0 Å². The molecule has 28 heavy (non-hydrogen) atoms. The van der Waals surface area contributed by atoms with E-state index in [0.29, 0.717) is 5.69 Å². The van der Waals surface area contributed by atoms with E-state index < -0.39 is 36.2 Å². The number of hydrogen-bond donors (Lipinski definition) is 1. The van der Waals surface area contributed by atoms with Crippen LogP contribution in [0.3, 0.4) is 0 Å². The molecule has 154 valence electrons. The number of hydrazone groups is 1. The van der Waals surface area contributed by atoms with Gasteiger partial charge in [-0.05, 0) is 19.1 Å². The summed E-state index contributed by atoms with van der Waals surface area (Å²) >= 11 is 0. The Morgan fingerprint density at radius 3 is 2.00 bits per heavy atom. The van der Waals surface area contributed by atoms with E-state index in [1.54, 1.807) is 24.3 Å². The summed E-state index contributed by atoms with van der Waals surface area (Å²) in [5.74, 6) is -2.21. The fourth-order valence-corrected chi connectivity index (χ4v) is 1.71. The fraction of sp³-hybridized carbons (Fsp3) is 0.412. The van der Waals surface area contributed by atoms with Gasteiger partial charge in [-0.25, -0.2) is 14.4 Å². The molecule has 0 radical (unpaired) electrons. The minimum atomic E-state index is -1.22. The van der Waals surface area contributed by atoms with Crippen LogP contribution in [0.4, 0.5) is 5.69 Å². The van der Waals surface area contributed by atoms with Crippen molar-refractivity contribution in [1.29, 1.82) is 0 Å². The number of anilines is 1.